The Morgan fingerprint density at radius 1 is 1.00 bits per heavy atom. The number of ether oxygens (including phenoxy) is 1. The molecule has 0 spiro atoms. The van der Waals surface area contributed by atoms with E-state index in [1.807, 2.05) is 45.4 Å². The van der Waals surface area contributed by atoms with E-state index >= 15 is 0 Å². The van der Waals surface area contributed by atoms with Gasteiger partial charge >= 0.3 is 0 Å². The number of carbonyl (C=O) groups excluding carboxylic acids is 2. The van der Waals surface area contributed by atoms with Crippen molar-refractivity contribution in [1.82, 2.24) is 5.32 Å². The monoisotopic (exact) mass is 423 g/mol. The summed E-state index contributed by atoms with van der Waals surface area (Å²) in [6.07, 6.45) is 3.10. The second-order valence-corrected chi connectivity index (χ2v) is 13.4. The van der Waals surface area contributed by atoms with Gasteiger partial charge in [-0.25, -0.2) is 0 Å². The lowest BCUT2D eigenvalue weighted by atomic mass is 9.86. The minimum Gasteiger partial charge on any atom is -0.371 e. The van der Waals surface area contributed by atoms with Crippen molar-refractivity contribution in [2.24, 2.45) is 5.41 Å². The van der Waals surface area contributed by atoms with Crippen molar-refractivity contribution in [2.75, 3.05) is 18.4 Å². The molecule has 0 saturated carbocycles. The van der Waals surface area contributed by atoms with Gasteiger partial charge in [0.25, 0.3) is 0 Å². The lowest BCUT2D eigenvalue weighted by Gasteiger charge is -2.26. The van der Waals surface area contributed by atoms with Crippen LogP contribution in [0.2, 0.25) is 0 Å². The van der Waals surface area contributed by atoms with E-state index in [9.17, 15) is 9.59 Å². The van der Waals surface area contributed by atoms with Crippen LogP contribution in [0.15, 0.2) is 0 Å². The third-order valence-electron chi connectivity index (χ3n) is 3.49. The highest BCUT2D eigenvalue weighted by Gasteiger charge is 2.25. The van der Waals surface area contributed by atoms with Gasteiger partial charge in [0.1, 0.15) is 5.78 Å². The van der Waals surface area contributed by atoms with Gasteiger partial charge in [-0.3, -0.25) is 9.59 Å². The van der Waals surface area contributed by atoms with Gasteiger partial charge in [0.15, 0.2) is 0 Å². The van der Waals surface area contributed by atoms with Crippen LogP contribution in [-0.2, 0) is 14.3 Å². The summed E-state index contributed by atoms with van der Waals surface area (Å²) in [5.74, 6) is 1.21. The Morgan fingerprint density at radius 3 is 2.15 bits per heavy atom. The molecule has 0 rings (SSSR count). The van der Waals surface area contributed by atoms with Gasteiger partial charge in [0.2, 0.25) is 5.91 Å². The second kappa shape index (κ2) is 11.9. The molecule has 0 heterocycles. The van der Waals surface area contributed by atoms with Crippen molar-refractivity contribution in [3.63, 3.8) is 0 Å². The Balaban J connectivity index is 3.78. The van der Waals surface area contributed by atoms with E-state index in [0.29, 0.717) is 34.1 Å². The molecule has 1 unspecified atom stereocenters. The van der Waals surface area contributed by atoms with E-state index in [1.54, 1.807) is 10.8 Å². The minimum absolute atomic E-state index is 0.106. The van der Waals surface area contributed by atoms with E-state index < -0.39 is 0 Å². The third kappa shape index (κ3) is 15.3. The average Bonchev–Trinajstić information content (AvgIpc) is 2.47. The van der Waals surface area contributed by atoms with Crippen molar-refractivity contribution in [2.45, 2.75) is 85.0 Å². The van der Waals surface area contributed by atoms with Crippen LogP contribution in [0.5, 0.6) is 0 Å². The van der Waals surface area contributed by atoms with Gasteiger partial charge in [0.05, 0.1) is 11.9 Å². The highest BCUT2D eigenvalue weighted by Crippen LogP contribution is 2.35. The topological polar surface area (TPSA) is 55.4 Å². The predicted octanol–water partition coefficient (Wildman–Crippen LogP) is 5.46. The van der Waals surface area contributed by atoms with Crippen LogP contribution < -0.4 is 5.32 Å². The summed E-state index contributed by atoms with van der Waals surface area (Å²) in [4.78, 5) is 23.8. The first kappa shape index (κ1) is 26.2. The molecule has 0 aromatic carbocycles. The molecule has 0 aromatic heterocycles. The third-order valence-corrected chi connectivity index (χ3v) is 7.60. The van der Waals surface area contributed by atoms with Crippen molar-refractivity contribution in [1.29, 1.82) is 0 Å². The highest BCUT2D eigenvalue weighted by molar-refractivity contribution is 8.77. The Bertz CT molecular complexity index is 443. The Kier molecular flexibility index (Phi) is 12.0. The maximum absolute atomic E-state index is 12.0. The smallest absolute Gasteiger partial charge is 0.221 e. The molecule has 1 N–H and O–H groups in total. The predicted molar refractivity (Wildman–Crippen MR) is 119 cm³/mol. The fourth-order valence-corrected chi connectivity index (χ4v) is 4.94. The molecule has 4 nitrogen and oxygen atoms in total. The zero-order valence-corrected chi connectivity index (χ0v) is 20.4. The Morgan fingerprint density at radius 2 is 1.62 bits per heavy atom. The number of carbonyl (C=O) groups is 2. The molecule has 0 saturated heterocycles. The maximum Gasteiger partial charge on any atom is 0.221 e. The second-order valence-electron chi connectivity index (χ2n) is 9.02. The first-order valence-electron chi connectivity index (χ1n) is 9.18. The van der Waals surface area contributed by atoms with E-state index in [0.717, 1.165) is 12.2 Å². The van der Waals surface area contributed by atoms with Crippen LogP contribution in [0.25, 0.3) is 0 Å². The molecular formula is C19H38NO3PS2. The first-order chi connectivity index (χ1) is 11.7. The number of hydrogen-bond donors (Lipinski definition) is 1. The van der Waals surface area contributed by atoms with E-state index in [-0.39, 0.29) is 27.5 Å². The summed E-state index contributed by atoms with van der Waals surface area (Å²) in [7, 11) is 4.10. The molecule has 0 fully saturated rings. The molecule has 7 heteroatoms. The van der Waals surface area contributed by atoms with Crippen molar-refractivity contribution < 1.29 is 14.3 Å². The molecule has 0 radical (unpaired) electrons. The summed E-state index contributed by atoms with van der Waals surface area (Å²) in [6.45, 7) is 16.4. The molecule has 0 aliphatic carbocycles. The van der Waals surface area contributed by atoms with E-state index in [2.05, 4.69) is 26.1 Å². The normalized spacial score (nSPS) is 13.4. The summed E-state index contributed by atoms with van der Waals surface area (Å²) in [5, 5.41) is 2.95. The van der Waals surface area contributed by atoms with Crippen molar-refractivity contribution in [3.8, 4) is 0 Å². The van der Waals surface area contributed by atoms with Gasteiger partial charge in [-0.05, 0) is 20.3 Å². The number of ketones is 1. The van der Waals surface area contributed by atoms with Crippen LogP contribution in [0.4, 0.5) is 0 Å². The standard InChI is InChI=1S/C19H38NO3PS2/c1-17(2,3)15(21)9-11-19(7,8)23-14-24-13-20-16(22)10-12-25-26-18(4,5)6/h24H,9-14H2,1-8H3,(H,20,22). The number of amides is 1. The minimum atomic E-state index is -0.307. The largest absolute Gasteiger partial charge is 0.371 e. The van der Waals surface area contributed by atoms with Gasteiger partial charge in [-0.15, -0.1) is 0 Å². The summed E-state index contributed by atoms with van der Waals surface area (Å²) in [5.41, 5.74) is -0.593. The SMILES string of the molecule is CC(C)(CCC(=O)C(C)(C)C)OCPCNC(=O)CCSSC(C)(C)C. The highest BCUT2D eigenvalue weighted by atomic mass is 33.1. The molecule has 0 aromatic rings. The molecular weight excluding hydrogens is 385 g/mol. The fourth-order valence-electron chi connectivity index (χ4n) is 1.76. The van der Waals surface area contributed by atoms with Crippen LogP contribution >= 0.6 is 30.2 Å². The first-order valence-corrected chi connectivity index (χ1v) is 12.9. The average molecular weight is 424 g/mol. The van der Waals surface area contributed by atoms with E-state index in [4.69, 9.17) is 4.74 Å². The number of hydrogen-bond acceptors (Lipinski definition) is 5. The Labute approximate surface area is 170 Å². The molecule has 1 atom stereocenters. The lowest BCUT2D eigenvalue weighted by Crippen LogP contribution is -2.29. The van der Waals surface area contributed by atoms with Gasteiger partial charge < -0.3 is 10.1 Å². The molecule has 0 bridgehead atoms. The maximum atomic E-state index is 12.0. The lowest BCUT2D eigenvalue weighted by molar-refractivity contribution is -0.127. The summed E-state index contributed by atoms with van der Waals surface area (Å²) >= 11 is 0. The molecule has 154 valence electrons. The summed E-state index contributed by atoms with van der Waals surface area (Å²) < 4.78 is 6.14. The van der Waals surface area contributed by atoms with Crippen molar-refractivity contribution >= 4 is 41.9 Å². The number of Topliss-reactive ketones (excluding diaryl/α,β-unsaturated/α-hetero) is 1. The molecule has 0 aliphatic rings. The zero-order valence-electron chi connectivity index (χ0n) is 17.8. The molecule has 0 aliphatic heterocycles. The number of rotatable bonds is 12. The van der Waals surface area contributed by atoms with Crippen LogP contribution in [0, 0.1) is 5.41 Å². The number of nitrogens with one attached hydrogen (secondary N) is 1. The van der Waals surface area contributed by atoms with Gasteiger partial charge in [-0.1, -0.05) is 71.7 Å². The van der Waals surface area contributed by atoms with Crippen LogP contribution in [0.1, 0.15) is 74.7 Å². The van der Waals surface area contributed by atoms with Crippen LogP contribution in [-0.4, -0.2) is 40.4 Å². The fraction of sp³-hybridized carbons (Fsp3) is 0.895. The molecule has 26 heavy (non-hydrogen) atoms. The zero-order chi connectivity index (χ0) is 20.4. The quantitative estimate of drug-likeness (QED) is 0.257. The van der Waals surface area contributed by atoms with E-state index in [1.165, 1.54) is 0 Å². The van der Waals surface area contributed by atoms with Gasteiger partial charge in [0, 0.05) is 35.0 Å². The molecule has 1 amide bonds. The summed E-state index contributed by atoms with van der Waals surface area (Å²) in [6, 6.07) is 0. The van der Waals surface area contributed by atoms with Gasteiger partial charge in [-0.2, -0.15) is 0 Å². The Hall–Kier alpha value is 0.230. The van der Waals surface area contributed by atoms with Crippen molar-refractivity contribution in [3.05, 3.63) is 0 Å². The van der Waals surface area contributed by atoms with Crippen LogP contribution in [0.3, 0.4) is 0 Å².